The normalized spacial score (nSPS) is 16.0. The van der Waals surface area contributed by atoms with Crippen LogP contribution < -0.4 is 10.9 Å². The lowest BCUT2D eigenvalue weighted by atomic mass is 10.1. The molecule has 0 fully saturated rings. The number of benzene rings is 2. The van der Waals surface area contributed by atoms with Crippen molar-refractivity contribution in [2.45, 2.75) is 19.1 Å². The van der Waals surface area contributed by atoms with Crippen LogP contribution in [0, 0.1) is 27.2 Å². The summed E-state index contributed by atoms with van der Waals surface area (Å²) in [7, 11) is 1.11. The van der Waals surface area contributed by atoms with Crippen LogP contribution in [-0.4, -0.2) is 40.9 Å². The minimum absolute atomic E-state index is 0.160. The van der Waals surface area contributed by atoms with Gasteiger partial charge in [-0.3, -0.25) is 29.8 Å². The molecule has 0 radical (unpaired) electrons. The van der Waals surface area contributed by atoms with Crippen molar-refractivity contribution in [1.29, 1.82) is 0 Å². The molecule has 166 valence electrons. The topological polar surface area (TPSA) is 163 Å². The first-order valence-electron chi connectivity index (χ1n) is 9.22. The molecule has 2 aromatic carbocycles. The number of esters is 1. The summed E-state index contributed by atoms with van der Waals surface area (Å²) >= 11 is 0. The fourth-order valence-corrected chi connectivity index (χ4v) is 2.97. The molecule has 0 saturated heterocycles. The van der Waals surface area contributed by atoms with Crippen molar-refractivity contribution in [2.24, 2.45) is 0 Å². The maximum Gasteiger partial charge on any atom is 0.329 e. The molecule has 0 amide bonds. The highest BCUT2D eigenvalue weighted by Gasteiger charge is 2.40. The van der Waals surface area contributed by atoms with E-state index in [9.17, 15) is 29.8 Å². The zero-order chi connectivity index (χ0) is 23.4. The number of methoxy groups -OCH3 is 1. The van der Waals surface area contributed by atoms with E-state index in [2.05, 4.69) is 10.9 Å². The monoisotopic (exact) mass is 442 g/mol. The van der Waals surface area contributed by atoms with Crippen LogP contribution in [0.5, 0.6) is 0 Å². The highest BCUT2D eigenvalue weighted by atomic mass is 16.6. The standard InChI is InChI=1S/C20H18N4O8/c1-11-3-5-12(6-4-11)17-10-16(25)19(32-17)18(20(26)31-2)22-21-14-8-7-13(23(27)28)9-15(14)24(29)30/h3-10,18-19,21-22H,1-2H3. The number of non-ortho nitro benzene ring substituents is 1. The average molecular weight is 442 g/mol. The van der Waals surface area contributed by atoms with Gasteiger partial charge in [-0.1, -0.05) is 29.8 Å². The molecule has 12 nitrogen and oxygen atoms in total. The number of nitro groups is 2. The zero-order valence-electron chi connectivity index (χ0n) is 16.9. The van der Waals surface area contributed by atoms with E-state index >= 15 is 0 Å². The molecule has 0 aliphatic carbocycles. The lowest BCUT2D eigenvalue weighted by Crippen LogP contribution is -2.51. The van der Waals surface area contributed by atoms with Crippen LogP contribution >= 0.6 is 0 Å². The smallest absolute Gasteiger partial charge is 0.329 e. The number of aryl methyl sites for hydroxylation is 1. The Labute approximate surface area is 181 Å². The molecule has 0 bridgehead atoms. The first kappa shape index (κ1) is 22.4. The first-order valence-corrected chi connectivity index (χ1v) is 9.22. The third-order valence-electron chi connectivity index (χ3n) is 4.65. The van der Waals surface area contributed by atoms with Gasteiger partial charge in [-0.2, -0.15) is 0 Å². The summed E-state index contributed by atoms with van der Waals surface area (Å²) < 4.78 is 10.4. The van der Waals surface area contributed by atoms with Crippen molar-refractivity contribution in [2.75, 3.05) is 12.5 Å². The van der Waals surface area contributed by atoms with Crippen LogP contribution in [0.4, 0.5) is 17.1 Å². The molecule has 0 spiro atoms. The molecule has 32 heavy (non-hydrogen) atoms. The van der Waals surface area contributed by atoms with Crippen LogP contribution in [0.3, 0.4) is 0 Å². The van der Waals surface area contributed by atoms with Gasteiger partial charge in [-0.15, -0.1) is 0 Å². The SMILES string of the molecule is COC(=O)C(NNc1ccc([N+](=O)[O-])cc1[N+](=O)[O-])C1OC(c2ccc(C)cc2)=CC1=O. The van der Waals surface area contributed by atoms with E-state index in [1.54, 1.807) is 12.1 Å². The van der Waals surface area contributed by atoms with Gasteiger partial charge in [0.1, 0.15) is 11.4 Å². The van der Waals surface area contributed by atoms with Crippen molar-refractivity contribution in [3.63, 3.8) is 0 Å². The van der Waals surface area contributed by atoms with Gasteiger partial charge in [0.05, 0.1) is 23.0 Å². The summed E-state index contributed by atoms with van der Waals surface area (Å²) in [6, 6.07) is 8.74. The van der Waals surface area contributed by atoms with Crippen molar-refractivity contribution >= 4 is 34.6 Å². The van der Waals surface area contributed by atoms with Crippen LogP contribution in [0.2, 0.25) is 0 Å². The summed E-state index contributed by atoms with van der Waals surface area (Å²) in [5, 5.41) is 22.2. The fraction of sp³-hybridized carbons (Fsp3) is 0.200. The van der Waals surface area contributed by atoms with E-state index in [-0.39, 0.29) is 11.4 Å². The molecule has 0 aromatic heterocycles. The number of carbonyl (C=O) groups excluding carboxylic acids is 2. The number of anilines is 1. The number of hydrogen-bond acceptors (Lipinski definition) is 10. The molecule has 2 atom stereocenters. The fourth-order valence-electron chi connectivity index (χ4n) is 2.97. The van der Waals surface area contributed by atoms with E-state index in [1.807, 2.05) is 19.1 Å². The number of hydrazine groups is 1. The summed E-state index contributed by atoms with van der Waals surface area (Å²) in [6.07, 6.45) is -0.0512. The molecule has 1 aliphatic heterocycles. The number of ketones is 1. The number of rotatable bonds is 8. The number of carbonyl (C=O) groups is 2. The van der Waals surface area contributed by atoms with Crippen molar-refractivity contribution in [3.8, 4) is 0 Å². The molecule has 1 heterocycles. The Hall–Kier alpha value is -4.32. The number of ether oxygens (including phenoxy) is 2. The quantitative estimate of drug-likeness (QED) is 0.352. The maximum absolute atomic E-state index is 12.5. The van der Waals surface area contributed by atoms with Crippen molar-refractivity contribution in [3.05, 3.63) is 79.9 Å². The Kier molecular flexibility index (Phi) is 6.45. The molecule has 3 rings (SSSR count). The molecule has 2 unspecified atom stereocenters. The van der Waals surface area contributed by atoms with Gasteiger partial charge < -0.3 is 14.9 Å². The summed E-state index contributed by atoms with van der Waals surface area (Å²) in [6.45, 7) is 1.90. The number of nitrogens with zero attached hydrogens (tertiary/aromatic N) is 2. The zero-order valence-corrected chi connectivity index (χ0v) is 16.9. The Morgan fingerprint density at radius 2 is 1.81 bits per heavy atom. The predicted octanol–water partition coefficient (Wildman–Crippen LogP) is 2.28. The van der Waals surface area contributed by atoms with E-state index < -0.39 is 45.1 Å². The molecule has 0 saturated carbocycles. The highest BCUT2D eigenvalue weighted by Crippen LogP contribution is 2.30. The second-order valence-corrected chi connectivity index (χ2v) is 6.80. The third kappa shape index (κ3) is 4.70. The summed E-state index contributed by atoms with van der Waals surface area (Å²) in [5.41, 5.74) is 5.37. The van der Waals surface area contributed by atoms with Crippen molar-refractivity contribution < 1.29 is 28.9 Å². The maximum atomic E-state index is 12.5. The minimum atomic E-state index is -1.37. The molecule has 2 N–H and O–H groups in total. The number of nitro benzene ring substituents is 2. The summed E-state index contributed by atoms with van der Waals surface area (Å²) in [4.78, 5) is 45.4. The summed E-state index contributed by atoms with van der Waals surface area (Å²) in [5.74, 6) is -1.11. The van der Waals surface area contributed by atoms with E-state index in [0.29, 0.717) is 5.56 Å². The number of hydrogen-bond donors (Lipinski definition) is 2. The van der Waals surface area contributed by atoms with Crippen LogP contribution in [0.25, 0.3) is 5.76 Å². The number of nitrogens with one attached hydrogen (secondary N) is 2. The van der Waals surface area contributed by atoms with E-state index in [1.165, 1.54) is 6.08 Å². The average Bonchev–Trinajstić information content (AvgIpc) is 3.15. The van der Waals surface area contributed by atoms with Crippen LogP contribution in [0.1, 0.15) is 11.1 Å². The predicted molar refractivity (Wildman–Crippen MR) is 111 cm³/mol. The van der Waals surface area contributed by atoms with Gasteiger partial charge in [0.2, 0.25) is 5.78 Å². The molecule has 2 aromatic rings. The Morgan fingerprint density at radius 3 is 2.41 bits per heavy atom. The van der Waals surface area contributed by atoms with Gasteiger partial charge in [0, 0.05) is 17.7 Å². The Morgan fingerprint density at radius 1 is 1.12 bits per heavy atom. The minimum Gasteiger partial charge on any atom is -0.479 e. The first-order chi connectivity index (χ1) is 15.2. The Bertz CT molecular complexity index is 1110. The molecule has 12 heteroatoms. The van der Waals surface area contributed by atoms with E-state index in [4.69, 9.17) is 9.47 Å². The van der Waals surface area contributed by atoms with Gasteiger partial charge >= 0.3 is 11.7 Å². The molecular weight excluding hydrogens is 424 g/mol. The van der Waals surface area contributed by atoms with Gasteiger partial charge in [-0.05, 0) is 13.0 Å². The van der Waals surface area contributed by atoms with E-state index in [0.717, 1.165) is 30.9 Å². The Balaban J connectivity index is 1.81. The molecule has 1 aliphatic rings. The lowest BCUT2D eigenvalue weighted by Gasteiger charge is -2.23. The largest absolute Gasteiger partial charge is 0.479 e. The van der Waals surface area contributed by atoms with Crippen molar-refractivity contribution in [1.82, 2.24) is 5.43 Å². The second-order valence-electron chi connectivity index (χ2n) is 6.80. The lowest BCUT2D eigenvalue weighted by molar-refractivity contribution is -0.393. The molecular formula is C20H18N4O8. The van der Waals surface area contributed by atoms with Crippen LogP contribution in [-0.2, 0) is 19.1 Å². The van der Waals surface area contributed by atoms with Gasteiger partial charge in [0.25, 0.3) is 5.69 Å². The van der Waals surface area contributed by atoms with Gasteiger partial charge in [-0.25, -0.2) is 5.43 Å². The highest BCUT2D eigenvalue weighted by molar-refractivity contribution is 6.05. The second kappa shape index (κ2) is 9.22. The van der Waals surface area contributed by atoms with Gasteiger partial charge in [0.15, 0.2) is 12.1 Å². The third-order valence-corrected chi connectivity index (χ3v) is 4.65. The van der Waals surface area contributed by atoms with Crippen LogP contribution in [0.15, 0.2) is 48.5 Å².